The number of nitrogens with zero attached hydrogens (tertiary/aromatic N) is 1. The molecule has 1 aliphatic heterocycles. The van der Waals surface area contributed by atoms with Crippen molar-refractivity contribution in [1.29, 1.82) is 0 Å². The Morgan fingerprint density at radius 1 is 1.19 bits per heavy atom. The smallest absolute Gasteiger partial charge is 0.335 e. The average Bonchev–Trinajstić information content (AvgIpc) is 2.88. The minimum atomic E-state index is -1.31. The first kappa shape index (κ1) is 12.9. The molecular formula is C14H11N3O4. The van der Waals surface area contributed by atoms with E-state index in [-0.39, 0.29) is 5.57 Å². The molecular weight excluding hydrogens is 274 g/mol. The zero-order chi connectivity index (χ0) is 15.0. The molecule has 0 fully saturated rings. The number of benzene rings is 1. The molecule has 2 heterocycles. The highest BCUT2D eigenvalue weighted by Crippen LogP contribution is 2.36. The van der Waals surface area contributed by atoms with Crippen LogP contribution >= 0.6 is 0 Å². The van der Waals surface area contributed by atoms with Crippen LogP contribution in [0.2, 0.25) is 0 Å². The van der Waals surface area contributed by atoms with E-state index in [0.29, 0.717) is 17.5 Å². The lowest BCUT2D eigenvalue weighted by atomic mass is 10.1. The molecule has 0 bridgehead atoms. The highest BCUT2D eigenvalue weighted by molar-refractivity contribution is 6.03. The van der Waals surface area contributed by atoms with Crippen LogP contribution in [-0.2, 0) is 9.59 Å². The van der Waals surface area contributed by atoms with E-state index in [9.17, 15) is 9.59 Å². The van der Waals surface area contributed by atoms with Gasteiger partial charge in [0.1, 0.15) is 6.17 Å². The maximum atomic E-state index is 11.2. The van der Waals surface area contributed by atoms with Crippen molar-refractivity contribution in [1.82, 2.24) is 4.98 Å². The molecule has 0 spiro atoms. The van der Waals surface area contributed by atoms with Crippen molar-refractivity contribution in [3.05, 3.63) is 42.1 Å². The Labute approximate surface area is 118 Å². The SMILES string of the molecule is O=C(O)/C=C(\C(=O)O)C1Nc2cnc3ccccc3c2N1. The quantitative estimate of drug-likeness (QED) is 0.632. The van der Waals surface area contributed by atoms with Crippen LogP contribution in [0.25, 0.3) is 10.9 Å². The molecule has 1 aromatic carbocycles. The van der Waals surface area contributed by atoms with Crippen LogP contribution in [0.15, 0.2) is 42.1 Å². The summed E-state index contributed by atoms with van der Waals surface area (Å²) in [7, 11) is 0. The number of hydrogen-bond acceptors (Lipinski definition) is 5. The van der Waals surface area contributed by atoms with Gasteiger partial charge in [0, 0.05) is 11.5 Å². The second kappa shape index (κ2) is 4.78. The van der Waals surface area contributed by atoms with Gasteiger partial charge in [-0.1, -0.05) is 18.2 Å². The summed E-state index contributed by atoms with van der Waals surface area (Å²) in [5, 5.41) is 24.7. The van der Waals surface area contributed by atoms with Gasteiger partial charge < -0.3 is 20.8 Å². The van der Waals surface area contributed by atoms with E-state index in [1.165, 1.54) is 0 Å². The molecule has 1 aliphatic rings. The molecule has 0 saturated carbocycles. The Bertz CT molecular complexity index is 785. The second-order valence-corrected chi connectivity index (χ2v) is 4.53. The fourth-order valence-corrected chi connectivity index (χ4v) is 2.30. The molecule has 7 heteroatoms. The van der Waals surface area contributed by atoms with Gasteiger partial charge in [-0.3, -0.25) is 4.98 Å². The number of rotatable bonds is 3. The monoisotopic (exact) mass is 285 g/mol. The summed E-state index contributed by atoms with van der Waals surface area (Å²) in [6.45, 7) is 0. The van der Waals surface area contributed by atoms with Crippen molar-refractivity contribution < 1.29 is 19.8 Å². The van der Waals surface area contributed by atoms with Crippen LogP contribution in [0.5, 0.6) is 0 Å². The minimum absolute atomic E-state index is 0.275. The number of fused-ring (bicyclic) bond motifs is 3. The lowest BCUT2D eigenvalue weighted by Crippen LogP contribution is -2.29. The van der Waals surface area contributed by atoms with Crippen molar-refractivity contribution in [3.8, 4) is 0 Å². The lowest BCUT2D eigenvalue weighted by Gasteiger charge is -2.12. The Morgan fingerprint density at radius 3 is 2.67 bits per heavy atom. The Morgan fingerprint density at radius 2 is 1.95 bits per heavy atom. The molecule has 3 rings (SSSR count). The number of nitrogens with one attached hydrogen (secondary N) is 2. The van der Waals surface area contributed by atoms with E-state index in [0.717, 1.165) is 10.9 Å². The Balaban J connectivity index is 2.03. The molecule has 1 atom stereocenters. The molecule has 7 nitrogen and oxygen atoms in total. The van der Waals surface area contributed by atoms with E-state index in [1.807, 2.05) is 24.3 Å². The van der Waals surface area contributed by atoms with Gasteiger partial charge in [-0.05, 0) is 6.07 Å². The maximum absolute atomic E-state index is 11.2. The number of hydrogen-bond donors (Lipinski definition) is 4. The van der Waals surface area contributed by atoms with Gasteiger partial charge in [-0.25, -0.2) is 9.59 Å². The number of anilines is 2. The number of carboxylic acid groups (broad SMARTS) is 2. The highest BCUT2D eigenvalue weighted by atomic mass is 16.4. The average molecular weight is 285 g/mol. The highest BCUT2D eigenvalue weighted by Gasteiger charge is 2.29. The standard InChI is InChI=1S/C14H11N3O4/c18-11(19)5-8(14(20)21)13-16-10-6-15-9-4-2-1-3-7(9)12(10)17-13/h1-6,13,16-17H,(H,18,19)(H,20,21)/b8-5-. The Hall–Kier alpha value is -3.09. The van der Waals surface area contributed by atoms with Gasteiger partial charge in [0.25, 0.3) is 0 Å². The van der Waals surface area contributed by atoms with Gasteiger partial charge in [-0.2, -0.15) is 0 Å². The van der Waals surface area contributed by atoms with Gasteiger partial charge in [0.2, 0.25) is 0 Å². The van der Waals surface area contributed by atoms with Gasteiger partial charge >= 0.3 is 11.9 Å². The predicted molar refractivity (Wildman–Crippen MR) is 76.1 cm³/mol. The van der Waals surface area contributed by atoms with Crippen LogP contribution in [0.3, 0.4) is 0 Å². The summed E-state index contributed by atoms with van der Waals surface area (Å²) in [5.74, 6) is -2.61. The number of pyridine rings is 1. The Kier molecular flexibility index (Phi) is 2.94. The summed E-state index contributed by atoms with van der Waals surface area (Å²) in [4.78, 5) is 26.2. The molecule has 21 heavy (non-hydrogen) atoms. The molecule has 4 N–H and O–H groups in total. The molecule has 1 aromatic heterocycles. The number of carboxylic acids is 2. The first-order chi connectivity index (χ1) is 10.1. The first-order valence-corrected chi connectivity index (χ1v) is 6.15. The van der Waals surface area contributed by atoms with Gasteiger partial charge in [-0.15, -0.1) is 0 Å². The second-order valence-electron chi connectivity index (χ2n) is 4.53. The number of para-hydroxylation sites is 1. The topological polar surface area (TPSA) is 112 Å². The molecule has 0 aliphatic carbocycles. The van der Waals surface area contributed by atoms with E-state index < -0.39 is 18.1 Å². The molecule has 106 valence electrons. The third kappa shape index (κ3) is 2.25. The normalized spacial score (nSPS) is 17.0. The fraction of sp³-hybridized carbons (Fsp3) is 0.0714. The van der Waals surface area contributed by atoms with Crippen LogP contribution < -0.4 is 10.6 Å². The zero-order valence-electron chi connectivity index (χ0n) is 10.7. The third-order valence-corrected chi connectivity index (χ3v) is 3.20. The first-order valence-electron chi connectivity index (χ1n) is 6.15. The fourth-order valence-electron chi connectivity index (χ4n) is 2.30. The summed E-state index contributed by atoms with van der Waals surface area (Å²) in [5.41, 5.74) is 1.84. The van der Waals surface area contributed by atoms with E-state index in [4.69, 9.17) is 10.2 Å². The van der Waals surface area contributed by atoms with Crippen molar-refractivity contribution >= 4 is 34.2 Å². The minimum Gasteiger partial charge on any atom is -0.478 e. The molecule has 0 saturated heterocycles. The zero-order valence-corrected chi connectivity index (χ0v) is 10.7. The van der Waals surface area contributed by atoms with Crippen molar-refractivity contribution in [2.24, 2.45) is 0 Å². The lowest BCUT2D eigenvalue weighted by molar-refractivity contribution is -0.135. The van der Waals surface area contributed by atoms with E-state index in [1.54, 1.807) is 6.20 Å². The largest absolute Gasteiger partial charge is 0.478 e. The molecule has 0 radical (unpaired) electrons. The maximum Gasteiger partial charge on any atom is 0.335 e. The van der Waals surface area contributed by atoms with Crippen molar-refractivity contribution in [2.75, 3.05) is 10.6 Å². The van der Waals surface area contributed by atoms with Crippen LogP contribution in [0, 0.1) is 0 Å². The van der Waals surface area contributed by atoms with Crippen LogP contribution in [-0.4, -0.2) is 33.3 Å². The van der Waals surface area contributed by atoms with Crippen molar-refractivity contribution in [2.45, 2.75) is 6.17 Å². The summed E-state index contributed by atoms with van der Waals surface area (Å²) in [6, 6.07) is 7.41. The van der Waals surface area contributed by atoms with Crippen LogP contribution in [0.4, 0.5) is 11.4 Å². The predicted octanol–water partition coefficient (Wildman–Crippen LogP) is 1.49. The molecule has 2 aromatic rings. The summed E-state index contributed by atoms with van der Waals surface area (Å²) >= 11 is 0. The summed E-state index contributed by atoms with van der Waals surface area (Å²) in [6.07, 6.45) is 1.44. The summed E-state index contributed by atoms with van der Waals surface area (Å²) < 4.78 is 0. The van der Waals surface area contributed by atoms with E-state index in [2.05, 4.69) is 15.6 Å². The van der Waals surface area contributed by atoms with E-state index >= 15 is 0 Å². The van der Waals surface area contributed by atoms with Crippen molar-refractivity contribution in [3.63, 3.8) is 0 Å². The number of carbonyl (C=O) groups is 2. The molecule has 0 amide bonds. The van der Waals surface area contributed by atoms with Gasteiger partial charge in [0.05, 0.1) is 28.7 Å². The molecule has 1 unspecified atom stereocenters. The van der Waals surface area contributed by atoms with Crippen LogP contribution in [0.1, 0.15) is 0 Å². The van der Waals surface area contributed by atoms with Gasteiger partial charge in [0.15, 0.2) is 0 Å². The number of aliphatic carboxylic acids is 2. The third-order valence-electron chi connectivity index (χ3n) is 3.20. The number of aromatic nitrogens is 1.